The number of rotatable bonds is 4. The molecule has 2 aromatic carbocycles. The van der Waals surface area contributed by atoms with Crippen molar-refractivity contribution in [3.8, 4) is 0 Å². The van der Waals surface area contributed by atoms with Gasteiger partial charge in [0.1, 0.15) is 0 Å². The maximum absolute atomic E-state index is 12.7. The van der Waals surface area contributed by atoms with Crippen molar-refractivity contribution in [3.63, 3.8) is 0 Å². The molecule has 20 heavy (non-hydrogen) atoms. The molecule has 0 bridgehead atoms. The van der Waals surface area contributed by atoms with Gasteiger partial charge in [-0.3, -0.25) is 0 Å². The number of nitrogens with one attached hydrogen (secondary N) is 1. The summed E-state index contributed by atoms with van der Waals surface area (Å²) in [6, 6.07) is 16.0. The highest BCUT2D eigenvalue weighted by molar-refractivity contribution is 7.85. The second kappa shape index (κ2) is 5.77. The van der Waals surface area contributed by atoms with E-state index >= 15 is 0 Å². The molecule has 0 spiro atoms. The number of anilines is 2. The van der Waals surface area contributed by atoms with Crippen molar-refractivity contribution in [2.75, 3.05) is 25.0 Å². The molecule has 0 fully saturated rings. The average molecular weight is 286 g/mol. The van der Waals surface area contributed by atoms with Crippen LogP contribution in [0, 0.1) is 0 Å². The number of fused-ring (bicyclic) bond motifs is 2. The quantitative estimate of drug-likeness (QED) is 0.877. The van der Waals surface area contributed by atoms with E-state index in [4.69, 9.17) is 0 Å². The van der Waals surface area contributed by atoms with Gasteiger partial charge in [-0.25, -0.2) is 4.21 Å². The second-order valence-electron chi connectivity index (χ2n) is 4.81. The highest BCUT2D eigenvalue weighted by Gasteiger charge is 2.26. The van der Waals surface area contributed by atoms with Crippen LogP contribution in [0.4, 0.5) is 11.4 Å². The SMILES string of the molecule is CNCCCN1c2ccccc2S(=O)c2ccccc21. The molecule has 2 aromatic rings. The Morgan fingerprint density at radius 1 is 1.00 bits per heavy atom. The summed E-state index contributed by atoms with van der Waals surface area (Å²) in [4.78, 5) is 4.11. The largest absolute Gasteiger partial charge is 0.339 e. The molecule has 0 aliphatic carbocycles. The Hall–Kier alpha value is -1.65. The third kappa shape index (κ3) is 2.25. The zero-order valence-corrected chi connectivity index (χ0v) is 12.3. The minimum Gasteiger partial charge on any atom is -0.339 e. The first kappa shape index (κ1) is 13.3. The molecule has 4 heteroatoms. The monoisotopic (exact) mass is 286 g/mol. The maximum atomic E-state index is 12.7. The molecular formula is C16H18N2OS. The molecule has 0 atom stereocenters. The lowest BCUT2D eigenvalue weighted by Crippen LogP contribution is -2.26. The minimum atomic E-state index is -1.08. The van der Waals surface area contributed by atoms with Gasteiger partial charge in [0.15, 0.2) is 0 Å². The van der Waals surface area contributed by atoms with Gasteiger partial charge in [-0.15, -0.1) is 0 Å². The number of para-hydroxylation sites is 2. The Labute approximate surface area is 122 Å². The zero-order valence-electron chi connectivity index (χ0n) is 11.5. The van der Waals surface area contributed by atoms with Crippen LogP contribution in [0.3, 0.4) is 0 Å². The fourth-order valence-corrected chi connectivity index (χ4v) is 3.95. The summed E-state index contributed by atoms with van der Waals surface area (Å²) in [5.74, 6) is 0. The van der Waals surface area contributed by atoms with Crippen LogP contribution in [0.5, 0.6) is 0 Å². The third-order valence-corrected chi connectivity index (χ3v) is 5.01. The molecule has 3 nitrogen and oxygen atoms in total. The minimum absolute atomic E-state index is 0.913. The number of hydrogen-bond acceptors (Lipinski definition) is 3. The summed E-state index contributed by atoms with van der Waals surface area (Å²) in [5.41, 5.74) is 2.14. The second-order valence-corrected chi connectivity index (χ2v) is 6.23. The van der Waals surface area contributed by atoms with E-state index in [1.165, 1.54) is 0 Å². The standard InChI is InChI=1S/C16H18N2OS/c1-17-11-6-12-18-13-7-2-4-9-15(13)20(19)16-10-5-3-8-14(16)18/h2-5,7-10,17H,6,11-12H2,1H3. The Morgan fingerprint density at radius 3 is 2.10 bits per heavy atom. The topological polar surface area (TPSA) is 32.3 Å². The predicted molar refractivity (Wildman–Crippen MR) is 83.1 cm³/mol. The molecule has 1 aliphatic rings. The Kier molecular flexibility index (Phi) is 3.85. The first-order valence-corrected chi connectivity index (χ1v) is 8.00. The van der Waals surface area contributed by atoms with E-state index in [-0.39, 0.29) is 0 Å². The summed E-state index contributed by atoms with van der Waals surface area (Å²) in [5, 5.41) is 3.18. The molecule has 0 radical (unpaired) electrons. The van der Waals surface area contributed by atoms with E-state index in [0.717, 1.165) is 40.7 Å². The predicted octanol–water partition coefficient (Wildman–Crippen LogP) is 2.91. The molecule has 0 saturated carbocycles. The molecule has 104 valence electrons. The molecule has 0 aromatic heterocycles. The normalized spacial score (nSPS) is 13.9. The van der Waals surface area contributed by atoms with Crippen LogP contribution in [-0.2, 0) is 10.8 Å². The van der Waals surface area contributed by atoms with Crippen molar-refractivity contribution in [2.45, 2.75) is 16.2 Å². The van der Waals surface area contributed by atoms with Crippen LogP contribution in [-0.4, -0.2) is 24.3 Å². The van der Waals surface area contributed by atoms with Gasteiger partial charge >= 0.3 is 0 Å². The zero-order chi connectivity index (χ0) is 13.9. The maximum Gasteiger partial charge on any atom is 0.0892 e. The van der Waals surface area contributed by atoms with Crippen molar-refractivity contribution < 1.29 is 4.21 Å². The Morgan fingerprint density at radius 2 is 1.55 bits per heavy atom. The smallest absolute Gasteiger partial charge is 0.0892 e. The van der Waals surface area contributed by atoms with Crippen LogP contribution < -0.4 is 10.2 Å². The van der Waals surface area contributed by atoms with Gasteiger partial charge in [0.05, 0.1) is 32.0 Å². The summed E-state index contributed by atoms with van der Waals surface area (Å²) >= 11 is 0. The van der Waals surface area contributed by atoms with Crippen LogP contribution in [0.2, 0.25) is 0 Å². The van der Waals surface area contributed by atoms with Crippen molar-refractivity contribution in [1.29, 1.82) is 0 Å². The lowest BCUT2D eigenvalue weighted by atomic mass is 10.2. The van der Waals surface area contributed by atoms with E-state index in [9.17, 15) is 4.21 Å². The van der Waals surface area contributed by atoms with E-state index in [1.54, 1.807) is 0 Å². The van der Waals surface area contributed by atoms with Crippen LogP contribution in [0.1, 0.15) is 6.42 Å². The van der Waals surface area contributed by atoms with Gasteiger partial charge in [0.2, 0.25) is 0 Å². The van der Waals surface area contributed by atoms with Crippen LogP contribution in [0.15, 0.2) is 58.3 Å². The fourth-order valence-electron chi connectivity index (χ4n) is 2.58. The van der Waals surface area contributed by atoms with Crippen molar-refractivity contribution in [2.24, 2.45) is 0 Å². The number of benzene rings is 2. The molecular weight excluding hydrogens is 268 g/mol. The number of nitrogens with zero attached hydrogens (tertiary/aromatic N) is 1. The fraction of sp³-hybridized carbons (Fsp3) is 0.250. The van der Waals surface area contributed by atoms with E-state index < -0.39 is 10.8 Å². The lowest BCUT2D eigenvalue weighted by Gasteiger charge is -2.32. The van der Waals surface area contributed by atoms with Gasteiger partial charge in [-0.05, 0) is 44.3 Å². The third-order valence-electron chi connectivity index (χ3n) is 3.52. The van der Waals surface area contributed by atoms with Crippen molar-refractivity contribution in [1.82, 2.24) is 5.32 Å². The van der Waals surface area contributed by atoms with Gasteiger partial charge in [0.25, 0.3) is 0 Å². The van der Waals surface area contributed by atoms with Gasteiger partial charge < -0.3 is 10.2 Å². The lowest BCUT2D eigenvalue weighted by molar-refractivity contribution is 0.678. The molecule has 0 amide bonds. The molecule has 0 unspecified atom stereocenters. The van der Waals surface area contributed by atoms with E-state index in [2.05, 4.69) is 22.3 Å². The van der Waals surface area contributed by atoms with Gasteiger partial charge in [-0.2, -0.15) is 0 Å². The van der Waals surface area contributed by atoms with Crippen LogP contribution in [0.25, 0.3) is 0 Å². The molecule has 1 aliphatic heterocycles. The van der Waals surface area contributed by atoms with Crippen LogP contribution >= 0.6 is 0 Å². The molecule has 1 N–H and O–H groups in total. The molecule has 1 heterocycles. The first-order chi connectivity index (χ1) is 9.83. The highest BCUT2D eigenvalue weighted by atomic mass is 32.2. The Balaban J connectivity index is 2.05. The first-order valence-electron chi connectivity index (χ1n) is 6.85. The molecule has 0 saturated heterocycles. The van der Waals surface area contributed by atoms with E-state index in [0.29, 0.717) is 0 Å². The summed E-state index contributed by atoms with van der Waals surface area (Å²) in [7, 11) is 0.890. The number of hydrogen-bond donors (Lipinski definition) is 1. The van der Waals surface area contributed by atoms with Gasteiger partial charge in [-0.1, -0.05) is 24.3 Å². The average Bonchev–Trinajstić information content (AvgIpc) is 2.51. The van der Waals surface area contributed by atoms with Gasteiger partial charge in [0, 0.05) is 6.54 Å². The van der Waals surface area contributed by atoms with Crippen molar-refractivity contribution in [3.05, 3.63) is 48.5 Å². The highest BCUT2D eigenvalue weighted by Crippen LogP contribution is 2.41. The Bertz CT molecular complexity index is 592. The summed E-state index contributed by atoms with van der Waals surface area (Å²) in [6.07, 6.45) is 1.05. The molecule has 3 rings (SSSR count). The van der Waals surface area contributed by atoms with Crippen molar-refractivity contribution >= 4 is 22.2 Å². The summed E-state index contributed by atoms with van der Waals surface area (Å²) < 4.78 is 12.7. The van der Waals surface area contributed by atoms with E-state index in [1.807, 2.05) is 43.4 Å². The summed E-state index contributed by atoms with van der Waals surface area (Å²) in [6.45, 7) is 1.90.